The van der Waals surface area contributed by atoms with Gasteiger partial charge in [-0.15, -0.1) is 11.3 Å². The van der Waals surface area contributed by atoms with E-state index in [2.05, 4.69) is 28.6 Å². The number of nitrogens with zero attached hydrogens (tertiary/aromatic N) is 1. The SMILES string of the molecule is CC[C@@H]1c2ccsc2CCN1CC(=O)NC(C)C. The van der Waals surface area contributed by atoms with Crippen molar-refractivity contribution in [3.63, 3.8) is 0 Å². The highest BCUT2D eigenvalue weighted by Crippen LogP contribution is 2.34. The van der Waals surface area contributed by atoms with Crippen LogP contribution in [0.2, 0.25) is 0 Å². The van der Waals surface area contributed by atoms with Gasteiger partial charge >= 0.3 is 0 Å². The average Bonchev–Trinajstić information content (AvgIpc) is 2.75. The van der Waals surface area contributed by atoms with Crippen LogP contribution in [-0.2, 0) is 11.2 Å². The molecular weight excluding hydrogens is 244 g/mol. The molecule has 0 spiro atoms. The molecule has 0 saturated heterocycles. The van der Waals surface area contributed by atoms with Crippen LogP contribution >= 0.6 is 11.3 Å². The van der Waals surface area contributed by atoms with Gasteiger partial charge in [-0.2, -0.15) is 0 Å². The molecule has 0 bridgehead atoms. The van der Waals surface area contributed by atoms with E-state index < -0.39 is 0 Å². The molecule has 3 nitrogen and oxygen atoms in total. The van der Waals surface area contributed by atoms with Crippen molar-refractivity contribution < 1.29 is 4.79 Å². The Balaban J connectivity index is 2.04. The molecule has 1 amide bonds. The number of thiophene rings is 1. The molecule has 1 N–H and O–H groups in total. The molecule has 100 valence electrons. The number of amides is 1. The normalized spacial score (nSPS) is 19.9. The van der Waals surface area contributed by atoms with E-state index in [0.717, 1.165) is 19.4 Å². The van der Waals surface area contributed by atoms with Crippen molar-refractivity contribution in [3.05, 3.63) is 21.9 Å². The Morgan fingerprint density at radius 3 is 3.06 bits per heavy atom. The van der Waals surface area contributed by atoms with Crippen molar-refractivity contribution >= 4 is 17.2 Å². The van der Waals surface area contributed by atoms with E-state index in [0.29, 0.717) is 12.6 Å². The standard InChI is InChI=1S/C14H22N2OS/c1-4-12-11-6-8-18-13(11)5-7-16(12)9-14(17)15-10(2)3/h6,8,10,12H,4-5,7,9H2,1-3H3,(H,15,17)/t12-/m1/s1. The summed E-state index contributed by atoms with van der Waals surface area (Å²) in [5, 5.41) is 5.15. The summed E-state index contributed by atoms with van der Waals surface area (Å²) in [4.78, 5) is 15.7. The maximum atomic E-state index is 11.9. The fourth-order valence-electron chi connectivity index (χ4n) is 2.67. The zero-order valence-corrected chi connectivity index (χ0v) is 12.2. The van der Waals surface area contributed by atoms with Crippen LogP contribution < -0.4 is 5.32 Å². The highest BCUT2D eigenvalue weighted by atomic mass is 32.1. The van der Waals surface area contributed by atoms with Gasteiger partial charge in [0.05, 0.1) is 6.54 Å². The average molecular weight is 266 g/mol. The minimum Gasteiger partial charge on any atom is -0.353 e. The minimum atomic E-state index is 0.141. The first-order valence-electron chi connectivity index (χ1n) is 6.71. The maximum Gasteiger partial charge on any atom is 0.234 e. The number of carbonyl (C=O) groups excluding carboxylic acids is 1. The molecule has 0 radical (unpaired) electrons. The third-order valence-electron chi connectivity index (χ3n) is 3.39. The lowest BCUT2D eigenvalue weighted by molar-refractivity contribution is -0.123. The Kier molecular flexibility index (Phi) is 4.40. The summed E-state index contributed by atoms with van der Waals surface area (Å²) in [6, 6.07) is 2.86. The molecule has 0 aromatic carbocycles. The molecule has 2 rings (SSSR count). The lowest BCUT2D eigenvalue weighted by atomic mass is 9.98. The van der Waals surface area contributed by atoms with Crippen molar-refractivity contribution in [2.75, 3.05) is 13.1 Å². The summed E-state index contributed by atoms with van der Waals surface area (Å²) in [5.74, 6) is 0.141. The van der Waals surface area contributed by atoms with Crippen LogP contribution in [-0.4, -0.2) is 29.9 Å². The van der Waals surface area contributed by atoms with Gasteiger partial charge in [0, 0.05) is 23.5 Å². The highest BCUT2D eigenvalue weighted by molar-refractivity contribution is 7.10. The Bertz CT molecular complexity index is 414. The summed E-state index contributed by atoms with van der Waals surface area (Å²) in [6.45, 7) is 7.72. The van der Waals surface area contributed by atoms with Crippen molar-refractivity contribution in [1.29, 1.82) is 0 Å². The molecule has 1 atom stereocenters. The van der Waals surface area contributed by atoms with E-state index in [-0.39, 0.29) is 11.9 Å². The van der Waals surface area contributed by atoms with E-state index in [1.54, 1.807) is 0 Å². The lowest BCUT2D eigenvalue weighted by Crippen LogP contribution is -2.43. The molecule has 2 heterocycles. The third kappa shape index (κ3) is 2.93. The number of rotatable bonds is 4. The lowest BCUT2D eigenvalue weighted by Gasteiger charge is -2.35. The van der Waals surface area contributed by atoms with E-state index >= 15 is 0 Å². The topological polar surface area (TPSA) is 32.3 Å². The molecule has 1 aliphatic rings. The molecule has 4 heteroatoms. The molecule has 18 heavy (non-hydrogen) atoms. The van der Waals surface area contributed by atoms with Crippen molar-refractivity contribution in [1.82, 2.24) is 10.2 Å². The van der Waals surface area contributed by atoms with Crippen LogP contribution in [0.25, 0.3) is 0 Å². The molecule has 1 aromatic rings. The molecule has 1 aliphatic heterocycles. The van der Waals surface area contributed by atoms with E-state index in [9.17, 15) is 4.79 Å². The van der Waals surface area contributed by atoms with Gasteiger partial charge in [-0.05, 0) is 43.7 Å². The van der Waals surface area contributed by atoms with Crippen LogP contribution in [0.3, 0.4) is 0 Å². The van der Waals surface area contributed by atoms with Gasteiger partial charge in [0.25, 0.3) is 0 Å². The van der Waals surface area contributed by atoms with Crippen LogP contribution in [0.5, 0.6) is 0 Å². The van der Waals surface area contributed by atoms with Crippen molar-refractivity contribution in [3.8, 4) is 0 Å². The number of fused-ring (bicyclic) bond motifs is 1. The smallest absolute Gasteiger partial charge is 0.234 e. The maximum absolute atomic E-state index is 11.9. The zero-order chi connectivity index (χ0) is 13.1. The van der Waals surface area contributed by atoms with Crippen LogP contribution in [0, 0.1) is 0 Å². The zero-order valence-electron chi connectivity index (χ0n) is 11.4. The Morgan fingerprint density at radius 2 is 2.39 bits per heavy atom. The Labute approximate surface area is 113 Å². The fourth-order valence-corrected chi connectivity index (χ4v) is 3.60. The summed E-state index contributed by atoms with van der Waals surface area (Å²) < 4.78 is 0. The molecule has 0 fully saturated rings. The Hall–Kier alpha value is -0.870. The second kappa shape index (κ2) is 5.85. The summed E-state index contributed by atoms with van der Waals surface area (Å²) in [7, 11) is 0. The Morgan fingerprint density at radius 1 is 1.61 bits per heavy atom. The molecule has 0 unspecified atom stereocenters. The van der Waals surface area contributed by atoms with Gasteiger partial charge in [-0.1, -0.05) is 6.92 Å². The van der Waals surface area contributed by atoms with Crippen molar-refractivity contribution in [2.24, 2.45) is 0 Å². The van der Waals surface area contributed by atoms with Gasteiger partial charge in [0.2, 0.25) is 5.91 Å². The minimum absolute atomic E-state index is 0.141. The quantitative estimate of drug-likeness (QED) is 0.908. The predicted molar refractivity (Wildman–Crippen MR) is 75.9 cm³/mol. The molecule has 1 aromatic heterocycles. The predicted octanol–water partition coefficient (Wildman–Crippen LogP) is 2.58. The summed E-state index contributed by atoms with van der Waals surface area (Å²) in [5.41, 5.74) is 1.44. The highest BCUT2D eigenvalue weighted by Gasteiger charge is 2.28. The number of hydrogen-bond acceptors (Lipinski definition) is 3. The van der Waals surface area contributed by atoms with Gasteiger partial charge < -0.3 is 5.32 Å². The van der Waals surface area contributed by atoms with Gasteiger partial charge in [0.15, 0.2) is 0 Å². The van der Waals surface area contributed by atoms with Crippen LogP contribution in [0.4, 0.5) is 0 Å². The van der Waals surface area contributed by atoms with Gasteiger partial charge in [-0.25, -0.2) is 0 Å². The second-order valence-electron chi connectivity index (χ2n) is 5.17. The number of carbonyl (C=O) groups is 1. The first-order chi connectivity index (χ1) is 8.61. The molecule has 0 saturated carbocycles. The van der Waals surface area contributed by atoms with E-state index in [4.69, 9.17) is 0 Å². The van der Waals surface area contributed by atoms with Gasteiger partial charge in [-0.3, -0.25) is 9.69 Å². The number of hydrogen-bond donors (Lipinski definition) is 1. The van der Waals surface area contributed by atoms with Crippen molar-refractivity contribution in [2.45, 2.75) is 45.7 Å². The fraction of sp³-hybridized carbons (Fsp3) is 0.643. The first kappa shape index (κ1) is 13.6. The van der Waals surface area contributed by atoms with Gasteiger partial charge in [0.1, 0.15) is 0 Å². The molecule has 0 aliphatic carbocycles. The molecular formula is C14H22N2OS. The third-order valence-corrected chi connectivity index (χ3v) is 4.39. The first-order valence-corrected chi connectivity index (χ1v) is 7.59. The second-order valence-corrected chi connectivity index (χ2v) is 6.17. The monoisotopic (exact) mass is 266 g/mol. The summed E-state index contributed by atoms with van der Waals surface area (Å²) in [6.07, 6.45) is 2.15. The van der Waals surface area contributed by atoms with E-state index in [1.165, 1.54) is 10.4 Å². The van der Waals surface area contributed by atoms with Crippen LogP contribution in [0.1, 0.15) is 43.7 Å². The largest absolute Gasteiger partial charge is 0.353 e. The van der Waals surface area contributed by atoms with Crippen LogP contribution in [0.15, 0.2) is 11.4 Å². The number of nitrogens with one attached hydrogen (secondary N) is 1. The van der Waals surface area contributed by atoms with E-state index in [1.807, 2.05) is 25.2 Å². The summed E-state index contributed by atoms with van der Waals surface area (Å²) >= 11 is 1.85.